The molecule has 3 nitrogen and oxygen atoms in total. The molecule has 1 aromatic carbocycles. The zero-order valence-electron chi connectivity index (χ0n) is 12.1. The second-order valence-electron chi connectivity index (χ2n) is 4.91. The quantitative estimate of drug-likeness (QED) is 0.699. The van der Waals surface area contributed by atoms with Crippen LogP contribution in [0.5, 0.6) is 0 Å². The number of halogens is 2. The summed E-state index contributed by atoms with van der Waals surface area (Å²) >= 11 is 3.26. The number of hydrogen-bond donors (Lipinski definition) is 2. The van der Waals surface area contributed by atoms with Gasteiger partial charge in [-0.2, -0.15) is 0 Å². The van der Waals surface area contributed by atoms with E-state index < -0.39 is 0 Å². The Balaban J connectivity index is 2.52. The Morgan fingerprint density at radius 3 is 2.90 bits per heavy atom. The van der Waals surface area contributed by atoms with E-state index in [4.69, 9.17) is 5.11 Å². The van der Waals surface area contributed by atoms with E-state index in [1.165, 1.54) is 18.2 Å². The maximum absolute atomic E-state index is 13.5. The Kier molecular flexibility index (Phi) is 8.23. The topological polar surface area (TPSA) is 49.3 Å². The highest BCUT2D eigenvalue weighted by Gasteiger charge is 2.08. The molecule has 0 aliphatic carbocycles. The molecule has 0 fully saturated rings. The van der Waals surface area contributed by atoms with Gasteiger partial charge in [-0.15, -0.1) is 0 Å². The molecule has 1 unspecified atom stereocenters. The first-order valence-corrected chi connectivity index (χ1v) is 7.88. The van der Waals surface area contributed by atoms with Crippen LogP contribution in [0.2, 0.25) is 0 Å². The highest BCUT2D eigenvalue weighted by Crippen LogP contribution is 2.16. The predicted octanol–water partition coefficient (Wildman–Crippen LogP) is 3.52. The summed E-state index contributed by atoms with van der Waals surface area (Å²) in [5.41, 5.74) is 0.361. The van der Waals surface area contributed by atoms with E-state index >= 15 is 0 Å². The number of nitrogens with one attached hydrogen (secondary N) is 1. The molecule has 0 heterocycles. The standard InChI is InChI=1S/C16H21BrFNO2/c1-2-3-12(8-9-20)11-19-16(21)7-4-13-10-14(17)5-6-15(13)18/h4-7,10,12,20H,2-3,8-9,11H2,1H3,(H,19,21)/b7-4+. The van der Waals surface area contributed by atoms with Crippen LogP contribution >= 0.6 is 15.9 Å². The predicted molar refractivity (Wildman–Crippen MR) is 86.2 cm³/mol. The summed E-state index contributed by atoms with van der Waals surface area (Å²) in [6.07, 6.45) is 5.44. The Labute approximate surface area is 133 Å². The monoisotopic (exact) mass is 357 g/mol. The molecule has 0 radical (unpaired) electrons. The Hall–Kier alpha value is -1.20. The summed E-state index contributed by atoms with van der Waals surface area (Å²) in [6, 6.07) is 4.57. The lowest BCUT2D eigenvalue weighted by Crippen LogP contribution is -2.28. The van der Waals surface area contributed by atoms with Crippen molar-refractivity contribution in [1.29, 1.82) is 0 Å². The van der Waals surface area contributed by atoms with Gasteiger partial charge in [0, 0.05) is 29.3 Å². The molecule has 0 saturated heterocycles. The molecule has 0 aromatic heterocycles. The molecule has 1 atom stereocenters. The number of aliphatic hydroxyl groups excluding tert-OH is 1. The van der Waals surface area contributed by atoms with Gasteiger partial charge in [-0.25, -0.2) is 4.39 Å². The number of hydrogen-bond acceptors (Lipinski definition) is 2. The van der Waals surface area contributed by atoms with Crippen LogP contribution in [0.15, 0.2) is 28.7 Å². The Bertz CT molecular complexity index is 485. The molecule has 0 saturated carbocycles. The molecule has 1 rings (SSSR count). The highest BCUT2D eigenvalue weighted by atomic mass is 79.9. The third-order valence-corrected chi connectivity index (χ3v) is 3.66. The first-order chi connectivity index (χ1) is 10.1. The van der Waals surface area contributed by atoms with E-state index in [1.54, 1.807) is 12.1 Å². The molecule has 116 valence electrons. The van der Waals surface area contributed by atoms with Gasteiger partial charge in [0.2, 0.25) is 5.91 Å². The molecule has 1 amide bonds. The van der Waals surface area contributed by atoms with E-state index in [9.17, 15) is 9.18 Å². The molecule has 21 heavy (non-hydrogen) atoms. The summed E-state index contributed by atoms with van der Waals surface area (Å²) in [4.78, 5) is 11.7. The number of rotatable bonds is 8. The van der Waals surface area contributed by atoms with Gasteiger partial charge in [-0.1, -0.05) is 29.3 Å². The zero-order valence-corrected chi connectivity index (χ0v) is 13.7. The highest BCUT2D eigenvalue weighted by molar-refractivity contribution is 9.10. The molecule has 0 spiro atoms. The summed E-state index contributed by atoms with van der Waals surface area (Å²) in [5.74, 6) is -0.347. The third-order valence-electron chi connectivity index (χ3n) is 3.17. The van der Waals surface area contributed by atoms with Crippen LogP contribution in [-0.2, 0) is 4.79 Å². The molecule has 0 aliphatic rings. The fourth-order valence-electron chi connectivity index (χ4n) is 2.05. The maximum Gasteiger partial charge on any atom is 0.244 e. The van der Waals surface area contributed by atoms with Crippen LogP contribution in [0.3, 0.4) is 0 Å². The van der Waals surface area contributed by atoms with E-state index in [2.05, 4.69) is 28.2 Å². The van der Waals surface area contributed by atoms with Crippen LogP contribution in [0.4, 0.5) is 4.39 Å². The van der Waals surface area contributed by atoms with Crippen molar-refractivity contribution in [1.82, 2.24) is 5.32 Å². The van der Waals surface area contributed by atoms with Gasteiger partial charge < -0.3 is 10.4 Å². The summed E-state index contributed by atoms with van der Waals surface area (Å²) in [7, 11) is 0. The number of benzene rings is 1. The van der Waals surface area contributed by atoms with Gasteiger partial charge in [0.15, 0.2) is 0 Å². The average molecular weight is 358 g/mol. The fourth-order valence-corrected chi connectivity index (χ4v) is 2.43. The zero-order chi connectivity index (χ0) is 15.7. The van der Waals surface area contributed by atoms with Crippen LogP contribution in [0, 0.1) is 11.7 Å². The van der Waals surface area contributed by atoms with Crippen molar-refractivity contribution >= 4 is 27.9 Å². The second kappa shape index (κ2) is 9.68. The third kappa shape index (κ3) is 6.87. The largest absolute Gasteiger partial charge is 0.396 e. The van der Waals surface area contributed by atoms with Crippen LogP contribution in [0.25, 0.3) is 6.08 Å². The molecule has 0 aliphatic heterocycles. The van der Waals surface area contributed by atoms with Gasteiger partial charge in [0.1, 0.15) is 5.82 Å². The maximum atomic E-state index is 13.5. The van der Waals surface area contributed by atoms with Gasteiger partial charge >= 0.3 is 0 Å². The van der Waals surface area contributed by atoms with Crippen LogP contribution in [0.1, 0.15) is 31.7 Å². The van der Waals surface area contributed by atoms with E-state index in [0.29, 0.717) is 18.5 Å². The number of carbonyl (C=O) groups is 1. The lowest BCUT2D eigenvalue weighted by Gasteiger charge is -2.14. The molecule has 2 N–H and O–H groups in total. The van der Waals surface area contributed by atoms with E-state index in [1.807, 2.05) is 0 Å². The normalized spacial score (nSPS) is 12.6. The second-order valence-corrected chi connectivity index (χ2v) is 5.83. The molecular weight excluding hydrogens is 337 g/mol. The number of aliphatic hydroxyl groups is 1. The minimum Gasteiger partial charge on any atom is -0.396 e. The van der Waals surface area contributed by atoms with Crippen molar-refractivity contribution in [3.63, 3.8) is 0 Å². The lowest BCUT2D eigenvalue weighted by atomic mass is 10.0. The molecular formula is C16H21BrFNO2. The first kappa shape index (κ1) is 17.9. The minimum absolute atomic E-state index is 0.125. The van der Waals surface area contributed by atoms with Crippen LogP contribution < -0.4 is 5.32 Å². The van der Waals surface area contributed by atoms with Crippen molar-refractivity contribution in [2.45, 2.75) is 26.2 Å². The van der Waals surface area contributed by atoms with Gasteiger partial charge in [0.05, 0.1) is 0 Å². The van der Waals surface area contributed by atoms with Crippen molar-refractivity contribution in [2.75, 3.05) is 13.2 Å². The van der Waals surface area contributed by atoms with Crippen LogP contribution in [-0.4, -0.2) is 24.2 Å². The van der Waals surface area contributed by atoms with E-state index in [0.717, 1.165) is 17.3 Å². The van der Waals surface area contributed by atoms with Crippen molar-refractivity contribution in [2.24, 2.45) is 5.92 Å². The SMILES string of the molecule is CCCC(CCO)CNC(=O)/C=C/c1cc(Br)ccc1F. The van der Waals surface area contributed by atoms with Crippen molar-refractivity contribution < 1.29 is 14.3 Å². The summed E-state index contributed by atoms with van der Waals surface area (Å²) < 4.78 is 14.3. The van der Waals surface area contributed by atoms with E-state index in [-0.39, 0.29) is 24.2 Å². The number of amides is 1. The lowest BCUT2D eigenvalue weighted by molar-refractivity contribution is -0.116. The summed E-state index contributed by atoms with van der Waals surface area (Å²) in [5, 5.41) is 11.7. The average Bonchev–Trinajstić information content (AvgIpc) is 2.46. The minimum atomic E-state index is -0.369. The number of carbonyl (C=O) groups excluding carboxylic acids is 1. The van der Waals surface area contributed by atoms with Crippen molar-refractivity contribution in [3.8, 4) is 0 Å². The first-order valence-electron chi connectivity index (χ1n) is 7.08. The summed E-state index contributed by atoms with van der Waals surface area (Å²) in [6.45, 7) is 2.72. The molecule has 1 aromatic rings. The smallest absolute Gasteiger partial charge is 0.244 e. The van der Waals surface area contributed by atoms with Gasteiger partial charge in [0.25, 0.3) is 0 Å². The van der Waals surface area contributed by atoms with Crippen molar-refractivity contribution in [3.05, 3.63) is 40.1 Å². The van der Waals surface area contributed by atoms with Gasteiger partial charge in [-0.05, 0) is 43.0 Å². The Morgan fingerprint density at radius 2 is 2.24 bits per heavy atom. The Morgan fingerprint density at radius 1 is 1.48 bits per heavy atom. The molecule has 5 heteroatoms. The fraction of sp³-hybridized carbons (Fsp3) is 0.438. The molecule has 0 bridgehead atoms. The van der Waals surface area contributed by atoms with Gasteiger partial charge in [-0.3, -0.25) is 4.79 Å².